The van der Waals surface area contributed by atoms with E-state index < -0.39 is 0 Å². The molecular weight excluding hydrogens is 390 g/mol. The lowest BCUT2D eigenvalue weighted by atomic mass is 10.0. The Morgan fingerprint density at radius 3 is 2.03 bits per heavy atom. The van der Waals surface area contributed by atoms with Crippen molar-refractivity contribution in [2.75, 3.05) is 13.2 Å². The average molecular weight is 424 g/mol. The molecular formula is C26H33NO4. The summed E-state index contributed by atoms with van der Waals surface area (Å²) in [5.41, 5.74) is 2.09. The maximum Gasteiger partial charge on any atom is 0.162 e. The summed E-state index contributed by atoms with van der Waals surface area (Å²) in [5, 5.41) is 2.13. The van der Waals surface area contributed by atoms with Crippen molar-refractivity contribution in [1.29, 1.82) is 0 Å². The fourth-order valence-electron chi connectivity index (χ4n) is 3.47. The summed E-state index contributed by atoms with van der Waals surface area (Å²) < 4.78 is 23.6. The number of ether oxygens (including phenoxy) is 4. The van der Waals surface area contributed by atoms with E-state index in [1.54, 1.807) is 0 Å². The predicted octanol–water partition coefficient (Wildman–Crippen LogP) is 6.20. The number of benzene rings is 2. The molecule has 0 aliphatic carbocycles. The maximum atomic E-state index is 6.06. The van der Waals surface area contributed by atoms with Gasteiger partial charge in [0.1, 0.15) is 0 Å². The van der Waals surface area contributed by atoms with Crippen LogP contribution in [0.2, 0.25) is 0 Å². The number of hydrogen-bond donors (Lipinski definition) is 0. The summed E-state index contributed by atoms with van der Waals surface area (Å²) in [7, 11) is 0. The van der Waals surface area contributed by atoms with Gasteiger partial charge >= 0.3 is 0 Å². The lowest BCUT2D eigenvalue weighted by Crippen LogP contribution is -2.11. The van der Waals surface area contributed by atoms with Gasteiger partial charge in [-0.15, -0.1) is 0 Å². The van der Waals surface area contributed by atoms with Crippen molar-refractivity contribution in [3.05, 3.63) is 53.9 Å². The Balaban J connectivity index is 2.01. The van der Waals surface area contributed by atoms with E-state index >= 15 is 0 Å². The van der Waals surface area contributed by atoms with E-state index in [2.05, 4.69) is 11.1 Å². The number of nitrogens with zero attached hydrogens (tertiary/aromatic N) is 1. The van der Waals surface area contributed by atoms with Gasteiger partial charge in [-0.3, -0.25) is 4.98 Å². The molecule has 5 heteroatoms. The standard InChI is InChI=1S/C26H33NO4/c1-7-28-23-10-9-19(14-24(23)29-8-2)13-22-21-16-26(31-18(5)6)25(30-17(3)4)15-20(21)11-12-27-22/h9-12,14-18H,7-8,13H2,1-6H3. The van der Waals surface area contributed by atoms with E-state index in [0.29, 0.717) is 19.6 Å². The maximum absolute atomic E-state index is 6.06. The van der Waals surface area contributed by atoms with Crippen LogP contribution in [0.5, 0.6) is 23.0 Å². The Morgan fingerprint density at radius 2 is 1.39 bits per heavy atom. The van der Waals surface area contributed by atoms with Gasteiger partial charge in [0.05, 0.1) is 31.1 Å². The normalized spacial score (nSPS) is 11.2. The Kier molecular flexibility index (Phi) is 7.61. The molecule has 0 atom stereocenters. The second kappa shape index (κ2) is 10.4. The molecule has 0 amide bonds. The van der Waals surface area contributed by atoms with Gasteiger partial charge in [0.25, 0.3) is 0 Å². The van der Waals surface area contributed by atoms with Gasteiger partial charge in [-0.25, -0.2) is 0 Å². The van der Waals surface area contributed by atoms with Crippen LogP contribution in [-0.4, -0.2) is 30.4 Å². The van der Waals surface area contributed by atoms with Gasteiger partial charge < -0.3 is 18.9 Å². The molecule has 0 fully saturated rings. The zero-order valence-electron chi connectivity index (χ0n) is 19.4. The van der Waals surface area contributed by atoms with Crippen molar-refractivity contribution in [2.24, 2.45) is 0 Å². The Morgan fingerprint density at radius 1 is 0.742 bits per heavy atom. The van der Waals surface area contributed by atoms with E-state index in [1.165, 1.54) is 0 Å². The quantitative estimate of drug-likeness (QED) is 0.389. The molecule has 0 aliphatic heterocycles. The van der Waals surface area contributed by atoms with Crippen molar-refractivity contribution in [1.82, 2.24) is 4.98 Å². The van der Waals surface area contributed by atoms with Crippen molar-refractivity contribution in [3.8, 4) is 23.0 Å². The Hall–Kier alpha value is -2.95. The van der Waals surface area contributed by atoms with Gasteiger partial charge in [-0.1, -0.05) is 6.07 Å². The highest BCUT2D eigenvalue weighted by Crippen LogP contribution is 2.36. The first-order valence-electron chi connectivity index (χ1n) is 11.0. The summed E-state index contributed by atoms with van der Waals surface area (Å²) in [6.07, 6.45) is 2.63. The van der Waals surface area contributed by atoms with Crippen molar-refractivity contribution < 1.29 is 18.9 Å². The van der Waals surface area contributed by atoms with Crippen molar-refractivity contribution in [2.45, 2.75) is 60.2 Å². The largest absolute Gasteiger partial charge is 0.490 e. The van der Waals surface area contributed by atoms with E-state index in [4.69, 9.17) is 18.9 Å². The van der Waals surface area contributed by atoms with Crippen LogP contribution in [0.25, 0.3) is 10.8 Å². The van der Waals surface area contributed by atoms with Crippen LogP contribution in [-0.2, 0) is 6.42 Å². The third kappa shape index (κ3) is 5.81. The lowest BCUT2D eigenvalue weighted by Gasteiger charge is -2.19. The van der Waals surface area contributed by atoms with Crippen molar-refractivity contribution >= 4 is 10.8 Å². The van der Waals surface area contributed by atoms with Crippen LogP contribution < -0.4 is 18.9 Å². The highest BCUT2D eigenvalue weighted by atomic mass is 16.5. The molecule has 0 N–H and O–H groups in total. The van der Waals surface area contributed by atoms with Crippen LogP contribution in [0.15, 0.2) is 42.6 Å². The molecule has 0 aliphatic rings. The average Bonchev–Trinajstić information content (AvgIpc) is 2.70. The zero-order chi connectivity index (χ0) is 22.4. The first kappa shape index (κ1) is 22.7. The van der Waals surface area contributed by atoms with E-state index in [-0.39, 0.29) is 12.2 Å². The van der Waals surface area contributed by atoms with Crippen LogP contribution in [0.1, 0.15) is 52.8 Å². The highest BCUT2D eigenvalue weighted by Gasteiger charge is 2.15. The van der Waals surface area contributed by atoms with Gasteiger partial charge in [-0.05, 0) is 82.8 Å². The minimum Gasteiger partial charge on any atom is -0.490 e. The molecule has 0 unspecified atom stereocenters. The predicted molar refractivity (Wildman–Crippen MR) is 125 cm³/mol. The molecule has 0 saturated heterocycles. The minimum atomic E-state index is 0.0481. The first-order chi connectivity index (χ1) is 14.9. The third-order valence-corrected chi connectivity index (χ3v) is 4.62. The third-order valence-electron chi connectivity index (χ3n) is 4.62. The fraction of sp³-hybridized carbons (Fsp3) is 0.423. The molecule has 31 heavy (non-hydrogen) atoms. The molecule has 0 radical (unpaired) electrons. The molecule has 0 saturated carbocycles. The minimum absolute atomic E-state index is 0.0481. The molecule has 1 heterocycles. The smallest absolute Gasteiger partial charge is 0.162 e. The Bertz CT molecular complexity index is 1010. The fourth-order valence-corrected chi connectivity index (χ4v) is 3.47. The monoisotopic (exact) mass is 423 g/mol. The number of hydrogen-bond acceptors (Lipinski definition) is 5. The summed E-state index contributed by atoms with van der Waals surface area (Å²) in [6.45, 7) is 13.2. The first-order valence-corrected chi connectivity index (χ1v) is 11.0. The number of aromatic nitrogens is 1. The molecule has 1 aromatic heterocycles. The topological polar surface area (TPSA) is 49.8 Å². The summed E-state index contributed by atoms with van der Waals surface area (Å²) in [5.74, 6) is 3.03. The molecule has 2 aromatic carbocycles. The van der Waals surface area contributed by atoms with E-state index in [0.717, 1.165) is 45.0 Å². The second-order valence-corrected chi connectivity index (χ2v) is 7.93. The molecule has 0 spiro atoms. The second-order valence-electron chi connectivity index (χ2n) is 7.93. The SMILES string of the molecule is CCOc1ccc(Cc2nccc3cc(OC(C)C)c(OC(C)C)cc23)cc1OCC. The van der Waals surface area contributed by atoms with E-state index in [1.807, 2.05) is 78.1 Å². The zero-order valence-corrected chi connectivity index (χ0v) is 19.4. The highest BCUT2D eigenvalue weighted by molar-refractivity contribution is 5.88. The number of pyridine rings is 1. The van der Waals surface area contributed by atoms with Crippen LogP contribution >= 0.6 is 0 Å². The van der Waals surface area contributed by atoms with Gasteiger partial charge in [0.15, 0.2) is 23.0 Å². The van der Waals surface area contributed by atoms with Gasteiger partial charge in [-0.2, -0.15) is 0 Å². The summed E-state index contributed by atoms with van der Waals surface area (Å²) >= 11 is 0. The van der Waals surface area contributed by atoms with Crippen LogP contribution in [0, 0.1) is 0 Å². The number of fused-ring (bicyclic) bond motifs is 1. The molecule has 3 rings (SSSR count). The van der Waals surface area contributed by atoms with E-state index in [9.17, 15) is 0 Å². The molecule has 3 aromatic rings. The molecule has 0 bridgehead atoms. The molecule has 5 nitrogen and oxygen atoms in total. The lowest BCUT2D eigenvalue weighted by molar-refractivity contribution is 0.199. The summed E-state index contributed by atoms with van der Waals surface area (Å²) in [6, 6.07) is 12.2. The Labute approximate surface area is 185 Å². The number of rotatable bonds is 10. The van der Waals surface area contributed by atoms with Crippen molar-refractivity contribution in [3.63, 3.8) is 0 Å². The van der Waals surface area contributed by atoms with Crippen LogP contribution in [0.4, 0.5) is 0 Å². The van der Waals surface area contributed by atoms with Gasteiger partial charge in [0.2, 0.25) is 0 Å². The van der Waals surface area contributed by atoms with Crippen LogP contribution in [0.3, 0.4) is 0 Å². The summed E-state index contributed by atoms with van der Waals surface area (Å²) in [4.78, 5) is 4.68. The molecule has 166 valence electrons. The van der Waals surface area contributed by atoms with Gasteiger partial charge in [0, 0.05) is 18.0 Å².